The largest absolute Gasteiger partial charge is 0.378 e. The lowest BCUT2D eigenvalue weighted by Gasteiger charge is -2.42. The number of ether oxygens (including phenoxy) is 2. The van der Waals surface area contributed by atoms with E-state index in [9.17, 15) is 4.79 Å². The first-order valence-electron chi connectivity index (χ1n) is 8.62. The zero-order valence-corrected chi connectivity index (χ0v) is 14.3. The van der Waals surface area contributed by atoms with Crippen molar-refractivity contribution < 1.29 is 14.3 Å². The minimum atomic E-state index is -0.336. The van der Waals surface area contributed by atoms with Gasteiger partial charge in [0.15, 0.2) is 0 Å². The standard InChI is InChI=1S/C19H26N2O3/c1-3-4-7-16-8-5-6-9-17(16)20-18(22)21-12-15(2)24-19(13-21)10-11-23-14-19/h3,5-6,8-9,15H,1,4,7,10-14H2,2H3,(H,20,22)/t15-,19+/m1/s1. The number of para-hydroxylation sites is 1. The number of nitrogens with one attached hydrogen (secondary N) is 1. The molecule has 1 aromatic carbocycles. The molecule has 2 atom stereocenters. The summed E-state index contributed by atoms with van der Waals surface area (Å²) in [5, 5.41) is 3.07. The molecule has 5 heteroatoms. The van der Waals surface area contributed by atoms with Crippen LogP contribution in [-0.4, -0.2) is 48.9 Å². The molecule has 2 fully saturated rings. The molecule has 2 aliphatic rings. The SMILES string of the molecule is C=CCCc1ccccc1NC(=O)N1C[C@@H](C)O[C@@]2(CCOC2)C1. The van der Waals surface area contributed by atoms with Crippen LogP contribution in [0.1, 0.15) is 25.3 Å². The van der Waals surface area contributed by atoms with Crippen molar-refractivity contribution in [2.45, 2.75) is 37.9 Å². The van der Waals surface area contributed by atoms with E-state index in [2.05, 4.69) is 11.9 Å². The summed E-state index contributed by atoms with van der Waals surface area (Å²) in [5.74, 6) is 0. The maximum Gasteiger partial charge on any atom is 0.322 e. The normalized spacial score (nSPS) is 26.5. The number of amides is 2. The van der Waals surface area contributed by atoms with Crippen LogP contribution in [0.25, 0.3) is 0 Å². The first kappa shape index (κ1) is 17.0. The summed E-state index contributed by atoms with van der Waals surface area (Å²) in [6.45, 7) is 8.23. The molecule has 0 aliphatic carbocycles. The molecule has 1 spiro atoms. The quantitative estimate of drug-likeness (QED) is 0.863. The van der Waals surface area contributed by atoms with Gasteiger partial charge in [0.1, 0.15) is 5.60 Å². The number of hydrogen-bond acceptors (Lipinski definition) is 3. The predicted octanol–water partition coefficient (Wildman–Crippen LogP) is 3.22. The van der Waals surface area contributed by atoms with Gasteiger partial charge in [-0.3, -0.25) is 0 Å². The third kappa shape index (κ3) is 3.79. The number of allylic oxidation sites excluding steroid dienone is 1. The minimum absolute atomic E-state index is 0.0159. The van der Waals surface area contributed by atoms with Crippen molar-refractivity contribution >= 4 is 11.7 Å². The van der Waals surface area contributed by atoms with E-state index in [1.54, 1.807) is 0 Å². The summed E-state index contributed by atoms with van der Waals surface area (Å²) in [6.07, 6.45) is 4.52. The minimum Gasteiger partial charge on any atom is -0.378 e. The first-order valence-corrected chi connectivity index (χ1v) is 8.62. The average Bonchev–Trinajstić information content (AvgIpc) is 3.00. The van der Waals surface area contributed by atoms with E-state index in [-0.39, 0.29) is 17.7 Å². The molecule has 1 aromatic rings. The van der Waals surface area contributed by atoms with Gasteiger partial charge in [-0.2, -0.15) is 0 Å². The van der Waals surface area contributed by atoms with Crippen LogP contribution in [0.5, 0.6) is 0 Å². The molecule has 0 unspecified atom stereocenters. The zero-order chi connectivity index (χ0) is 17.0. The highest BCUT2D eigenvalue weighted by Gasteiger charge is 2.44. The van der Waals surface area contributed by atoms with Crippen molar-refractivity contribution in [3.05, 3.63) is 42.5 Å². The number of nitrogens with zero attached hydrogens (tertiary/aromatic N) is 1. The molecule has 3 rings (SSSR count). The highest BCUT2D eigenvalue weighted by molar-refractivity contribution is 5.90. The number of hydrogen-bond donors (Lipinski definition) is 1. The Hall–Kier alpha value is -1.85. The fraction of sp³-hybridized carbons (Fsp3) is 0.526. The smallest absolute Gasteiger partial charge is 0.322 e. The number of rotatable bonds is 4. The fourth-order valence-electron chi connectivity index (χ4n) is 3.50. The molecular weight excluding hydrogens is 304 g/mol. The summed E-state index contributed by atoms with van der Waals surface area (Å²) < 4.78 is 11.6. The number of urea groups is 1. The zero-order valence-electron chi connectivity index (χ0n) is 14.3. The van der Waals surface area contributed by atoms with Crippen LogP contribution in [0.15, 0.2) is 36.9 Å². The Morgan fingerprint density at radius 1 is 1.50 bits per heavy atom. The monoisotopic (exact) mass is 330 g/mol. The molecule has 0 aromatic heterocycles. The van der Waals surface area contributed by atoms with Crippen LogP contribution in [-0.2, 0) is 15.9 Å². The van der Waals surface area contributed by atoms with Gasteiger partial charge >= 0.3 is 6.03 Å². The number of aryl methyl sites for hydroxylation is 1. The lowest BCUT2D eigenvalue weighted by Crippen LogP contribution is -2.57. The van der Waals surface area contributed by atoms with Crippen molar-refractivity contribution in [1.29, 1.82) is 0 Å². The van der Waals surface area contributed by atoms with Gasteiger partial charge in [-0.15, -0.1) is 6.58 Å². The number of carbonyl (C=O) groups is 1. The van der Waals surface area contributed by atoms with Crippen LogP contribution in [0.3, 0.4) is 0 Å². The summed E-state index contributed by atoms with van der Waals surface area (Å²) in [6, 6.07) is 7.88. The second-order valence-electron chi connectivity index (χ2n) is 6.71. The molecule has 130 valence electrons. The highest BCUT2D eigenvalue weighted by Crippen LogP contribution is 2.30. The van der Waals surface area contributed by atoms with E-state index in [0.717, 1.165) is 30.5 Å². The molecule has 0 saturated carbocycles. The predicted molar refractivity (Wildman–Crippen MR) is 94.3 cm³/mol. The number of morpholine rings is 1. The van der Waals surface area contributed by atoms with E-state index in [0.29, 0.717) is 26.3 Å². The van der Waals surface area contributed by atoms with Crippen molar-refractivity contribution in [3.63, 3.8) is 0 Å². The van der Waals surface area contributed by atoms with Gasteiger partial charge in [0.25, 0.3) is 0 Å². The summed E-state index contributed by atoms with van der Waals surface area (Å²) in [4.78, 5) is 14.6. The molecule has 2 amide bonds. The molecule has 2 heterocycles. The van der Waals surface area contributed by atoms with Gasteiger partial charge in [0, 0.05) is 25.3 Å². The molecule has 0 bridgehead atoms. The topological polar surface area (TPSA) is 50.8 Å². The van der Waals surface area contributed by atoms with Crippen molar-refractivity contribution in [1.82, 2.24) is 4.90 Å². The van der Waals surface area contributed by atoms with E-state index in [1.165, 1.54) is 0 Å². The van der Waals surface area contributed by atoms with E-state index in [1.807, 2.05) is 42.2 Å². The summed E-state index contributed by atoms with van der Waals surface area (Å²) in [5.41, 5.74) is 1.67. The Morgan fingerprint density at radius 2 is 2.33 bits per heavy atom. The molecule has 0 radical (unpaired) electrons. The molecule has 5 nitrogen and oxygen atoms in total. The molecular formula is C19H26N2O3. The number of benzene rings is 1. The van der Waals surface area contributed by atoms with Gasteiger partial charge in [-0.05, 0) is 31.4 Å². The Balaban J connectivity index is 1.69. The summed E-state index contributed by atoms with van der Waals surface area (Å²) >= 11 is 0. The van der Waals surface area contributed by atoms with Gasteiger partial charge in [0.05, 0.1) is 19.3 Å². The lowest BCUT2D eigenvalue weighted by atomic mass is 9.99. The van der Waals surface area contributed by atoms with Crippen LogP contribution in [0, 0.1) is 0 Å². The van der Waals surface area contributed by atoms with E-state index in [4.69, 9.17) is 9.47 Å². The highest BCUT2D eigenvalue weighted by atomic mass is 16.6. The van der Waals surface area contributed by atoms with Crippen molar-refractivity contribution in [2.75, 3.05) is 31.6 Å². The van der Waals surface area contributed by atoms with Crippen LogP contribution in [0.2, 0.25) is 0 Å². The molecule has 24 heavy (non-hydrogen) atoms. The summed E-state index contributed by atoms with van der Waals surface area (Å²) in [7, 11) is 0. The Bertz CT molecular complexity index is 596. The van der Waals surface area contributed by atoms with Gasteiger partial charge in [-0.1, -0.05) is 24.3 Å². The second kappa shape index (κ2) is 7.36. The van der Waals surface area contributed by atoms with Crippen molar-refractivity contribution in [3.8, 4) is 0 Å². The maximum absolute atomic E-state index is 12.8. The van der Waals surface area contributed by atoms with E-state index < -0.39 is 0 Å². The third-order valence-corrected chi connectivity index (χ3v) is 4.64. The maximum atomic E-state index is 12.8. The molecule has 2 saturated heterocycles. The van der Waals surface area contributed by atoms with Crippen LogP contribution in [0.4, 0.5) is 10.5 Å². The molecule has 1 N–H and O–H groups in total. The number of anilines is 1. The second-order valence-corrected chi connectivity index (χ2v) is 6.71. The van der Waals surface area contributed by atoms with E-state index >= 15 is 0 Å². The molecule has 2 aliphatic heterocycles. The average molecular weight is 330 g/mol. The van der Waals surface area contributed by atoms with Crippen LogP contribution < -0.4 is 5.32 Å². The Morgan fingerprint density at radius 3 is 3.08 bits per heavy atom. The van der Waals surface area contributed by atoms with Gasteiger partial charge in [-0.25, -0.2) is 4.79 Å². The third-order valence-electron chi connectivity index (χ3n) is 4.64. The Labute approximate surface area is 143 Å². The Kier molecular flexibility index (Phi) is 5.21. The van der Waals surface area contributed by atoms with Crippen molar-refractivity contribution in [2.24, 2.45) is 0 Å². The number of carbonyl (C=O) groups excluding carboxylic acids is 1. The van der Waals surface area contributed by atoms with Gasteiger partial charge in [0.2, 0.25) is 0 Å². The van der Waals surface area contributed by atoms with Crippen LogP contribution >= 0.6 is 0 Å². The lowest BCUT2D eigenvalue weighted by molar-refractivity contribution is -0.136. The van der Waals surface area contributed by atoms with Gasteiger partial charge < -0.3 is 19.7 Å². The fourth-order valence-corrected chi connectivity index (χ4v) is 3.50. The first-order chi connectivity index (χ1) is 11.6.